The summed E-state index contributed by atoms with van der Waals surface area (Å²) in [5.41, 5.74) is 0. The summed E-state index contributed by atoms with van der Waals surface area (Å²) >= 11 is 1.60. The van der Waals surface area contributed by atoms with Crippen LogP contribution < -0.4 is 5.32 Å². The average Bonchev–Trinajstić information content (AvgIpc) is 2.89. The van der Waals surface area contributed by atoms with Gasteiger partial charge >= 0.3 is 0 Å². The molecule has 1 fully saturated rings. The standard InChI is InChI=1S/C10H18N4OS/c1-2-11-10-13-12-9(16-10)6-14-5-3-4-8(14)7-15/h8,15H,2-7H2,1H3,(H,11,13). The Balaban J connectivity index is 1.92. The molecule has 0 spiro atoms. The topological polar surface area (TPSA) is 61.3 Å². The van der Waals surface area contributed by atoms with E-state index in [0.717, 1.165) is 36.2 Å². The Hall–Kier alpha value is -0.720. The largest absolute Gasteiger partial charge is 0.395 e. The van der Waals surface area contributed by atoms with Crippen molar-refractivity contribution < 1.29 is 5.11 Å². The molecule has 1 aliphatic heterocycles. The van der Waals surface area contributed by atoms with Gasteiger partial charge in [0.2, 0.25) is 5.13 Å². The fourth-order valence-corrected chi connectivity index (χ4v) is 2.86. The molecular formula is C10H18N4OS. The van der Waals surface area contributed by atoms with Crippen LogP contribution in [0.4, 0.5) is 5.13 Å². The predicted molar refractivity (Wildman–Crippen MR) is 64.6 cm³/mol. The van der Waals surface area contributed by atoms with Crippen LogP contribution in [0.3, 0.4) is 0 Å². The Bertz CT molecular complexity index is 330. The molecule has 0 saturated carbocycles. The highest BCUT2D eigenvalue weighted by molar-refractivity contribution is 7.15. The Labute approximate surface area is 99.5 Å². The van der Waals surface area contributed by atoms with Gasteiger partial charge in [-0.1, -0.05) is 11.3 Å². The van der Waals surface area contributed by atoms with Gasteiger partial charge in [0.05, 0.1) is 13.2 Å². The van der Waals surface area contributed by atoms with Crippen molar-refractivity contribution >= 4 is 16.5 Å². The highest BCUT2D eigenvalue weighted by atomic mass is 32.1. The lowest BCUT2D eigenvalue weighted by Gasteiger charge is -2.20. The third-order valence-electron chi connectivity index (χ3n) is 2.84. The molecule has 2 N–H and O–H groups in total. The van der Waals surface area contributed by atoms with Crippen molar-refractivity contribution in [3.63, 3.8) is 0 Å². The molecule has 0 amide bonds. The molecule has 5 nitrogen and oxygen atoms in total. The minimum atomic E-state index is 0.249. The van der Waals surface area contributed by atoms with E-state index in [2.05, 4.69) is 20.4 Å². The van der Waals surface area contributed by atoms with Crippen LogP contribution in [0.2, 0.25) is 0 Å². The maximum Gasteiger partial charge on any atom is 0.205 e. The normalized spacial score (nSPS) is 21.5. The van der Waals surface area contributed by atoms with Crippen molar-refractivity contribution in [2.24, 2.45) is 0 Å². The van der Waals surface area contributed by atoms with Crippen molar-refractivity contribution in [1.29, 1.82) is 0 Å². The maximum absolute atomic E-state index is 9.22. The molecule has 1 saturated heterocycles. The number of hydrogen-bond donors (Lipinski definition) is 2. The molecule has 6 heteroatoms. The number of likely N-dealkylation sites (tertiary alicyclic amines) is 1. The van der Waals surface area contributed by atoms with E-state index in [0.29, 0.717) is 6.04 Å². The third kappa shape index (κ3) is 2.69. The Kier molecular flexibility index (Phi) is 4.09. The highest BCUT2D eigenvalue weighted by Crippen LogP contribution is 2.22. The fourth-order valence-electron chi connectivity index (χ4n) is 2.02. The smallest absolute Gasteiger partial charge is 0.205 e. The van der Waals surface area contributed by atoms with Gasteiger partial charge in [0.1, 0.15) is 5.01 Å². The van der Waals surface area contributed by atoms with Gasteiger partial charge in [-0.15, -0.1) is 10.2 Å². The Morgan fingerprint density at radius 3 is 3.19 bits per heavy atom. The minimum Gasteiger partial charge on any atom is -0.395 e. The van der Waals surface area contributed by atoms with Crippen LogP contribution >= 0.6 is 11.3 Å². The maximum atomic E-state index is 9.22. The molecule has 1 aromatic rings. The first-order valence-corrected chi connectivity index (χ1v) is 6.56. The van der Waals surface area contributed by atoms with Gasteiger partial charge in [-0.3, -0.25) is 4.90 Å². The zero-order valence-electron chi connectivity index (χ0n) is 9.52. The number of anilines is 1. The molecule has 16 heavy (non-hydrogen) atoms. The van der Waals surface area contributed by atoms with Crippen molar-refractivity contribution in [2.45, 2.75) is 32.4 Å². The summed E-state index contributed by atoms with van der Waals surface area (Å²) in [6, 6.07) is 0.312. The van der Waals surface area contributed by atoms with Crippen LogP contribution in [0.1, 0.15) is 24.8 Å². The van der Waals surface area contributed by atoms with Gasteiger partial charge in [-0.25, -0.2) is 0 Å². The molecule has 2 rings (SSSR count). The van der Waals surface area contributed by atoms with E-state index < -0.39 is 0 Å². The van der Waals surface area contributed by atoms with Crippen LogP contribution in [0.15, 0.2) is 0 Å². The first kappa shape index (κ1) is 11.8. The summed E-state index contributed by atoms with van der Waals surface area (Å²) in [6.07, 6.45) is 2.26. The molecule has 0 aliphatic carbocycles. The lowest BCUT2D eigenvalue weighted by molar-refractivity contribution is 0.153. The summed E-state index contributed by atoms with van der Waals surface area (Å²) in [5, 5.41) is 22.5. The summed E-state index contributed by atoms with van der Waals surface area (Å²) < 4.78 is 0. The van der Waals surface area contributed by atoms with Gasteiger partial charge < -0.3 is 10.4 Å². The molecule has 0 bridgehead atoms. The molecule has 1 aromatic heterocycles. The first-order valence-electron chi connectivity index (χ1n) is 5.74. The van der Waals surface area contributed by atoms with Gasteiger partial charge in [0.15, 0.2) is 0 Å². The molecule has 2 heterocycles. The number of aliphatic hydroxyl groups excluding tert-OH is 1. The molecular weight excluding hydrogens is 224 g/mol. The second-order valence-corrected chi connectivity index (χ2v) is 5.04. The minimum absolute atomic E-state index is 0.249. The molecule has 1 aliphatic rings. The van der Waals surface area contributed by atoms with Crippen LogP contribution in [0, 0.1) is 0 Å². The zero-order chi connectivity index (χ0) is 11.4. The summed E-state index contributed by atoms with van der Waals surface area (Å²) in [4.78, 5) is 2.29. The number of aliphatic hydroxyl groups is 1. The van der Waals surface area contributed by atoms with Gasteiger partial charge in [-0.2, -0.15) is 0 Å². The van der Waals surface area contributed by atoms with E-state index in [-0.39, 0.29) is 6.61 Å². The molecule has 0 aromatic carbocycles. The van der Waals surface area contributed by atoms with Crippen LogP contribution in [-0.4, -0.2) is 45.9 Å². The monoisotopic (exact) mass is 242 g/mol. The lowest BCUT2D eigenvalue weighted by atomic mass is 10.2. The zero-order valence-corrected chi connectivity index (χ0v) is 10.3. The molecule has 90 valence electrons. The third-order valence-corrected chi connectivity index (χ3v) is 3.71. The van der Waals surface area contributed by atoms with Crippen LogP contribution in [-0.2, 0) is 6.54 Å². The summed E-state index contributed by atoms with van der Waals surface area (Å²) in [7, 11) is 0. The number of nitrogens with zero attached hydrogens (tertiary/aromatic N) is 3. The van der Waals surface area contributed by atoms with Gasteiger partial charge in [-0.05, 0) is 26.3 Å². The predicted octanol–water partition coefficient (Wildman–Crippen LogP) is 0.927. The van der Waals surface area contributed by atoms with E-state index in [1.54, 1.807) is 11.3 Å². The average molecular weight is 242 g/mol. The highest BCUT2D eigenvalue weighted by Gasteiger charge is 2.24. The summed E-state index contributed by atoms with van der Waals surface area (Å²) in [5.74, 6) is 0. The molecule has 0 radical (unpaired) electrons. The van der Waals surface area contributed by atoms with Crippen molar-refractivity contribution in [3.8, 4) is 0 Å². The number of nitrogens with one attached hydrogen (secondary N) is 1. The van der Waals surface area contributed by atoms with E-state index in [4.69, 9.17) is 0 Å². The van der Waals surface area contributed by atoms with Crippen molar-refractivity contribution in [3.05, 3.63) is 5.01 Å². The second-order valence-electron chi connectivity index (χ2n) is 3.98. The van der Waals surface area contributed by atoms with E-state index >= 15 is 0 Å². The van der Waals surface area contributed by atoms with E-state index in [9.17, 15) is 5.11 Å². The van der Waals surface area contributed by atoms with E-state index in [1.807, 2.05) is 6.92 Å². The first-order chi connectivity index (χ1) is 7.83. The van der Waals surface area contributed by atoms with E-state index in [1.165, 1.54) is 6.42 Å². The van der Waals surface area contributed by atoms with Crippen molar-refractivity contribution in [1.82, 2.24) is 15.1 Å². The lowest BCUT2D eigenvalue weighted by Crippen LogP contribution is -2.31. The van der Waals surface area contributed by atoms with Gasteiger partial charge in [0, 0.05) is 12.6 Å². The number of hydrogen-bond acceptors (Lipinski definition) is 6. The number of aromatic nitrogens is 2. The fraction of sp³-hybridized carbons (Fsp3) is 0.800. The second kappa shape index (κ2) is 5.56. The Morgan fingerprint density at radius 2 is 2.44 bits per heavy atom. The van der Waals surface area contributed by atoms with Crippen LogP contribution in [0.25, 0.3) is 0 Å². The molecule has 1 atom stereocenters. The number of rotatable bonds is 5. The quantitative estimate of drug-likeness (QED) is 0.804. The van der Waals surface area contributed by atoms with Gasteiger partial charge in [0.25, 0.3) is 0 Å². The summed E-state index contributed by atoms with van der Waals surface area (Å²) in [6.45, 7) is 5.04. The van der Waals surface area contributed by atoms with Crippen LogP contribution in [0.5, 0.6) is 0 Å². The Morgan fingerprint density at radius 1 is 1.56 bits per heavy atom. The SMILES string of the molecule is CCNc1nnc(CN2CCCC2CO)s1. The molecule has 1 unspecified atom stereocenters. The van der Waals surface area contributed by atoms with Crippen molar-refractivity contribution in [2.75, 3.05) is 25.0 Å².